The van der Waals surface area contributed by atoms with E-state index >= 15 is 0 Å². The van der Waals surface area contributed by atoms with Crippen LogP contribution >= 0.6 is 0 Å². The number of aryl methyl sites for hydroxylation is 1. The van der Waals surface area contributed by atoms with Gasteiger partial charge in [-0.25, -0.2) is 0 Å². The summed E-state index contributed by atoms with van der Waals surface area (Å²) in [7, 11) is 1.50. The Morgan fingerprint density at radius 3 is 2.60 bits per heavy atom. The van der Waals surface area contributed by atoms with Crippen molar-refractivity contribution >= 4 is 5.69 Å². The molecule has 3 N–H and O–H groups in total. The van der Waals surface area contributed by atoms with Crippen LogP contribution < -0.4 is 11.3 Å². The van der Waals surface area contributed by atoms with Gasteiger partial charge < -0.3 is 5.73 Å². The molecule has 0 aliphatic heterocycles. The van der Waals surface area contributed by atoms with Crippen LogP contribution in [-0.2, 0) is 7.05 Å². The van der Waals surface area contributed by atoms with Crippen molar-refractivity contribution in [1.29, 1.82) is 5.26 Å². The van der Waals surface area contributed by atoms with Crippen molar-refractivity contribution in [2.24, 2.45) is 7.05 Å². The number of nitrogen functional groups attached to an aromatic ring is 1. The summed E-state index contributed by atoms with van der Waals surface area (Å²) in [5.41, 5.74) is 4.96. The van der Waals surface area contributed by atoms with E-state index in [-0.39, 0.29) is 16.9 Å². The molecule has 1 rings (SSSR count). The van der Waals surface area contributed by atoms with E-state index in [9.17, 15) is 4.79 Å². The molecule has 0 saturated carbocycles. The molecular formula is C5H6N4O. The number of nitrogens with one attached hydrogen (secondary N) is 1. The van der Waals surface area contributed by atoms with Crippen LogP contribution in [0.4, 0.5) is 5.69 Å². The Kier molecular flexibility index (Phi) is 1.23. The molecule has 52 valence electrons. The fraction of sp³-hybridized carbons (Fsp3) is 0.200. The SMILES string of the molecule is Cn1[nH]c(C#N)c(N)c1=O. The van der Waals surface area contributed by atoms with Crippen molar-refractivity contribution < 1.29 is 0 Å². The first-order valence-electron chi connectivity index (χ1n) is 2.61. The molecule has 0 saturated heterocycles. The monoisotopic (exact) mass is 138 g/mol. The molecule has 1 heterocycles. The molecule has 0 spiro atoms. The zero-order valence-electron chi connectivity index (χ0n) is 5.38. The number of H-pyrrole nitrogens is 1. The van der Waals surface area contributed by atoms with E-state index in [0.717, 1.165) is 4.68 Å². The second-order valence-electron chi connectivity index (χ2n) is 1.88. The number of aromatic nitrogens is 2. The Hall–Kier alpha value is -1.70. The predicted octanol–water partition coefficient (Wildman–Crippen LogP) is -0.833. The molecule has 1 aromatic heterocycles. The van der Waals surface area contributed by atoms with E-state index in [1.807, 2.05) is 0 Å². The Balaban J connectivity index is 3.50. The molecule has 0 amide bonds. The van der Waals surface area contributed by atoms with Crippen LogP contribution in [0.5, 0.6) is 0 Å². The van der Waals surface area contributed by atoms with Crippen LogP contribution in [0.2, 0.25) is 0 Å². The predicted molar refractivity (Wildman–Crippen MR) is 35.2 cm³/mol. The van der Waals surface area contributed by atoms with Crippen molar-refractivity contribution in [1.82, 2.24) is 9.78 Å². The quantitative estimate of drug-likeness (QED) is 0.490. The van der Waals surface area contributed by atoms with Gasteiger partial charge in [0.25, 0.3) is 5.56 Å². The zero-order valence-corrected chi connectivity index (χ0v) is 5.38. The number of rotatable bonds is 0. The number of aromatic amines is 1. The van der Waals surface area contributed by atoms with Gasteiger partial charge in [0.1, 0.15) is 11.8 Å². The molecule has 0 unspecified atom stereocenters. The van der Waals surface area contributed by atoms with Crippen LogP contribution in [0, 0.1) is 11.3 Å². The lowest BCUT2D eigenvalue weighted by Crippen LogP contribution is -2.14. The number of nitrogens with two attached hydrogens (primary N) is 1. The van der Waals surface area contributed by atoms with Gasteiger partial charge in [-0.1, -0.05) is 0 Å². The Morgan fingerprint density at radius 2 is 2.40 bits per heavy atom. The number of nitriles is 1. The average Bonchev–Trinajstić information content (AvgIpc) is 2.17. The van der Waals surface area contributed by atoms with Gasteiger partial charge >= 0.3 is 0 Å². The maximum Gasteiger partial charge on any atom is 0.290 e. The van der Waals surface area contributed by atoms with Crippen molar-refractivity contribution in [3.8, 4) is 6.07 Å². The van der Waals surface area contributed by atoms with Gasteiger partial charge in [0.15, 0.2) is 5.69 Å². The third kappa shape index (κ3) is 0.666. The lowest BCUT2D eigenvalue weighted by Gasteiger charge is -1.81. The molecule has 5 heteroatoms. The van der Waals surface area contributed by atoms with Crippen molar-refractivity contribution in [2.75, 3.05) is 5.73 Å². The molecule has 0 radical (unpaired) electrons. The third-order valence-electron chi connectivity index (χ3n) is 1.20. The lowest BCUT2D eigenvalue weighted by molar-refractivity contribution is 0.736. The number of nitrogens with zero attached hydrogens (tertiary/aromatic N) is 2. The summed E-state index contributed by atoms with van der Waals surface area (Å²) >= 11 is 0. The van der Waals surface area contributed by atoms with Gasteiger partial charge in [0.05, 0.1) is 0 Å². The highest BCUT2D eigenvalue weighted by molar-refractivity contribution is 5.47. The maximum atomic E-state index is 10.8. The molecule has 0 aliphatic rings. The van der Waals surface area contributed by atoms with Crippen molar-refractivity contribution in [2.45, 2.75) is 0 Å². The molecule has 0 bridgehead atoms. The first kappa shape index (κ1) is 6.42. The smallest absolute Gasteiger partial charge is 0.290 e. The maximum absolute atomic E-state index is 10.8. The number of hydrogen-bond acceptors (Lipinski definition) is 3. The molecule has 10 heavy (non-hydrogen) atoms. The van der Waals surface area contributed by atoms with E-state index in [1.165, 1.54) is 7.05 Å². The van der Waals surface area contributed by atoms with Gasteiger partial charge in [-0.2, -0.15) is 5.26 Å². The standard InChI is InChI=1S/C5H6N4O/c1-9-5(10)4(7)3(2-6)8-9/h8H,7H2,1H3. The van der Waals surface area contributed by atoms with Gasteiger partial charge in [0.2, 0.25) is 0 Å². The highest BCUT2D eigenvalue weighted by atomic mass is 16.1. The van der Waals surface area contributed by atoms with Crippen LogP contribution in [0.1, 0.15) is 5.69 Å². The first-order valence-corrected chi connectivity index (χ1v) is 2.61. The minimum atomic E-state index is -0.364. The fourth-order valence-corrected chi connectivity index (χ4v) is 0.652. The fourth-order valence-electron chi connectivity index (χ4n) is 0.652. The zero-order chi connectivity index (χ0) is 7.72. The summed E-state index contributed by atoms with van der Waals surface area (Å²) in [6.07, 6.45) is 0. The largest absolute Gasteiger partial charge is 0.392 e. The summed E-state index contributed by atoms with van der Waals surface area (Å²) < 4.78 is 1.16. The molecule has 1 aromatic rings. The Bertz CT molecular complexity index is 340. The lowest BCUT2D eigenvalue weighted by atomic mass is 10.4. The number of hydrogen-bond donors (Lipinski definition) is 2. The van der Waals surface area contributed by atoms with Crippen LogP contribution in [-0.4, -0.2) is 9.78 Å². The van der Waals surface area contributed by atoms with Crippen LogP contribution in [0.15, 0.2) is 4.79 Å². The topological polar surface area (TPSA) is 87.6 Å². The van der Waals surface area contributed by atoms with E-state index in [1.54, 1.807) is 6.07 Å². The molecule has 5 nitrogen and oxygen atoms in total. The summed E-state index contributed by atoms with van der Waals surface area (Å²) in [6.45, 7) is 0. The van der Waals surface area contributed by atoms with Gasteiger partial charge in [-0.3, -0.25) is 14.6 Å². The van der Waals surface area contributed by atoms with Gasteiger partial charge in [-0.05, 0) is 0 Å². The number of anilines is 1. The summed E-state index contributed by atoms with van der Waals surface area (Å²) in [5.74, 6) is 0. The minimum absolute atomic E-state index is 0.0231. The highest BCUT2D eigenvalue weighted by Crippen LogP contribution is 1.97. The summed E-state index contributed by atoms with van der Waals surface area (Å²) in [6, 6.07) is 1.76. The van der Waals surface area contributed by atoms with Gasteiger partial charge in [0, 0.05) is 7.05 Å². The molecule has 0 aliphatic carbocycles. The van der Waals surface area contributed by atoms with E-state index in [2.05, 4.69) is 5.10 Å². The Morgan fingerprint density at radius 1 is 1.80 bits per heavy atom. The minimum Gasteiger partial charge on any atom is -0.392 e. The molecule has 0 aromatic carbocycles. The normalized spacial score (nSPS) is 9.20. The van der Waals surface area contributed by atoms with Crippen LogP contribution in [0.25, 0.3) is 0 Å². The van der Waals surface area contributed by atoms with Crippen molar-refractivity contribution in [3.05, 3.63) is 16.0 Å². The highest BCUT2D eigenvalue weighted by Gasteiger charge is 2.05. The van der Waals surface area contributed by atoms with E-state index in [0.29, 0.717) is 0 Å². The summed E-state index contributed by atoms with van der Waals surface area (Å²) in [4.78, 5) is 10.8. The van der Waals surface area contributed by atoms with Crippen molar-refractivity contribution in [3.63, 3.8) is 0 Å². The Labute approximate surface area is 56.7 Å². The van der Waals surface area contributed by atoms with E-state index in [4.69, 9.17) is 11.0 Å². The molecule has 0 fully saturated rings. The molecular weight excluding hydrogens is 132 g/mol. The third-order valence-corrected chi connectivity index (χ3v) is 1.20. The second kappa shape index (κ2) is 1.92. The summed E-state index contributed by atoms with van der Waals surface area (Å²) in [5, 5.41) is 10.8. The first-order chi connectivity index (χ1) is 4.66. The van der Waals surface area contributed by atoms with Crippen LogP contribution in [0.3, 0.4) is 0 Å². The average molecular weight is 138 g/mol. The van der Waals surface area contributed by atoms with E-state index < -0.39 is 0 Å². The second-order valence-corrected chi connectivity index (χ2v) is 1.88. The van der Waals surface area contributed by atoms with Gasteiger partial charge in [-0.15, -0.1) is 0 Å². The molecule has 0 atom stereocenters.